The number of fused-ring (bicyclic) bond motifs is 2. The molecule has 1 unspecified atom stereocenters. The first kappa shape index (κ1) is 14.2. The van der Waals surface area contributed by atoms with Crippen molar-refractivity contribution in [3.05, 3.63) is 82.9 Å². The standard InChI is InChI=1S/C20H17NO/c1-3-20(22)21-19-13-17-7-5-4-6-15(17)10-11-16-9-8-14(2)12-18(16)19/h3-9,12,19H,1,13H2,2H3,(H,21,22). The molecule has 108 valence electrons. The van der Waals surface area contributed by atoms with E-state index in [2.05, 4.69) is 35.9 Å². The van der Waals surface area contributed by atoms with Crippen LogP contribution in [0.25, 0.3) is 0 Å². The van der Waals surface area contributed by atoms with E-state index in [1.165, 1.54) is 6.08 Å². The molecule has 0 saturated heterocycles. The molecule has 0 aliphatic heterocycles. The Kier molecular flexibility index (Phi) is 3.80. The first-order chi connectivity index (χ1) is 10.7. The van der Waals surface area contributed by atoms with Crippen LogP contribution < -0.4 is 5.32 Å². The number of aryl methyl sites for hydroxylation is 1. The van der Waals surface area contributed by atoms with E-state index in [-0.39, 0.29) is 11.9 Å². The first-order valence-electron chi connectivity index (χ1n) is 7.31. The average Bonchev–Trinajstić information content (AvgIpc) is 2.52. The number of rotatable bonds is 2. The zero-order valence-corrected chi connectivity index (χ0v) is 12.5. The van der Waals surface area contributed by atoms with E-state index < -0.39 is 0 Å². The van der Waals surface area contributed by atoms with Gasteiger partial charge in [0.1, 0.15) is 0 Å². The van der Waals surface area contributed by atoms with Gasteiger partial charge in [0.25, 0.3) is 0 Å². The monoisotopic (exact) mass is 287 g/mol. The summed E-state index contributed by atoms with van der Waals surface area (Å²) in [5.41, 5.74) is 5.36. The Morgan fingerprint density at radius 3 is 2.82 bits per heavy atom. The summed E-state index contributed by atoms with van der Waals surface area (Å²) in [7, 11) is 0. The second-order valence-electron chi connectivity index (χ2n) is 5.47. The van der Waals surface area contributed by atoms with E-state index in [1.54, 1.807) is 0 Å². The lowest BCUT2D eigenvalue weighted by molar-refractivity contribution is -0.117. The van der Waals surface area contributed by atoms with Crippen molar-refractivity contribution in [3.63, 3.8) is 0 Å². The van der Waals surface area contributed by atoms with Crippen molar-refractivity contribution in [2.45, 2.75) is 19.4 Å². The average molecular weight is 287 g/mol. The highest BCUT2D eigenvalue weighted by Crippen LogP contribution is 2.26. The third kappa shape index (κ3) is 2.80. The summed E-state index contributed by atoms with van der Waals surface area (Å²) in [5.74, 6) is 6.32. The Morgan fingerprint density at radius 1 is 1.23 bits per heavy atom. The van der Waals surface area contributed by atoms with Gasteiger partial charge in [-0.05, 0) is 42.7 Å². The van der Waals surface area contributed by atoms with Crippen LogP contribution in [0.3, 0.4) is 0 Å². The van der Waals surface area contributed by atoms with Gasteiger partial charge in [0.15, 0.2) is 0 Å². The van der Waals surface area contributed by atoms with Crippen molar-refractivity contribution in [2.24, 2.45) is 0 Å². The Balaban J connectivity index is 2.14. The summed E-state index contributed by atoms with van der Waals surface area (Å²) >= 11 is 0. The topological polar surface area (TPSA) is 29.1 Å². The van der Waals surface area contributed by atoms with Crippen LogP contribution in [-0.4, -0.2) is 5.91 Å². The van der Waals surface area contributed by atoms with Crippen molar-refractivity contribution in [1.29, 1.82) is 0 Å². The molecule has 1 aliphatic carbocycles. The molecule has 0 heterocycles. The number of nitrogens with one attached hydrogen (secondary N) is 1. The minimum atomic E-state index is -0.163. The molecule has 1 atom stereocenters. The predicted octanol–water partition coefficient (Wildman–Crippen LogP) is 3.29. The van der Waals surface area contributed by atoms with Gasteiger partial charge in [0.05, 0.1) is 6.04 Å². The third-order valence-corrected chi connectivity index (χ3v) is 3.86. The molecule has 2 aromatic rings. The Hall–Kier alpha value is -2.79. The van der Waals surface area contributed by atoms with Crippen molar-refractivity contribution in [3.8, 4) is 11.8 Å². The number of hydrogen-bond acceptors (Lipinski definition) is 1. The predicted molar refractivity (Wildman–Crippen MR) is 88.4 cm³/mol. The highest BCUT2D eigenvalue weighted by atomic mass is 16.1. The Bertz CT molecular complexity index is 808. The lowest BCUT2D eigenvalue weighted by Gasteiger charge is -2.22. The largest absolute Gasteiger partial charge is 0.345 e. The van der Waals surface area contributed by atoms with E-state index >= 15 is 0 Å². The third-order valence-electron chi connectivity index (χ3n) is 3.86. The molecule has 2 aromatic carbocycles. The molecule has 22 heavy (non-hydrogen) atoms. The maximum atomic E-state index is 11.8. The zero-order chi connectivity index (χ0) is 15.5. The van der Waals surface area contributed by atoms with E-state index in [1.807, 2.05) is 37.3 Å². The Morgan fingerprint density at radius 2 is 2.00 bits per heavy atom. The molecule has 3 rings (SSSR count). The molecule has 0 radical (unpaired) electrons. The molecule has 0 fully saturated rings. The minimum Gasteiger partial charge on any atom is -0.345 e. The number of benzene rings is 2. The van der Waals surface area contributed by atoms with Gasteiger partial charge in [-0.15, -0.1) is 0 Å². The fourth-order valence-corrected chi connectivity index (χ4v) is 2.73. The van der Waals surface area contributed by atoms with Gasteiger partial charge < -0.3 is 5.32 Å². The lowest BCUT2D eigenvalue weighted by atomic mass is 9.89. The van der Waals surface area contributed by atoms with Gasteiger partial charge in [-0.25, -0.2) is 0 Å². The highest BCUT2D eigenvalue weighted by molar-refractivity contribution is 5.87. The number of carbonyl (C=O) groups is 1. The van der Waals surface area contributed by atoms with Gasteiger partial charge in [-0.2, -0.15) is 0 Å². The van der Waals surface area contributed by atoms with E-state index in [9.17, 15) is 4.79 Å². The van der Waals surface area contributed by atoms with Crippen LogP contribution in [-0.2, 0) is 11.2 Å². The van der Waals surface area contributed by atoms with Gasteiger partial charge in [-0.3, -0.25) is 4.79 Å². The second kappa shape index (κ2) is 5.91. The highest BCUT2D eigenvalue weighted by Gasteiger charge is 2.19. The number of hydrogen-bond donors (Lipinski definition) is 1. The first-order valence-corrected chi connectivity index (χ1v) is 7.31. The van der Waals surface area contributed by atoms with Crippen molar-refractivity contribution < 1.29 is 4.79 Å². The van der Waals surface area contributed by atoms with Crippen molar-refractivity contribution in [2.75, 3.05) is 0 Å². The van der Waals surface area contributed by atoms with E-state index in [4.69, 9.17) is 0 Å². The van der Waals surface area contributed by atoms with Crippen LogP contribution in [0.4, 0.5) is 0 Å². The molecule has 2 heteroatoms. The van der Waals surface area contributed by atoms with Gasteiger partial charge in [-0.1, -0.05) is 54.3 Å². The van der Waals surface area contributed by atoms with Crippen LogP contribution in [0.1, 0.15) is 33.9 Å². The molecular weight excluding hydrogens is 270 g/mol. The molecular formula is C20H17NO. The van der Waals surface area contributed by atoms with E-state index in [0.717, 1.165) is 34.2 Å². The summed E-state index contributed by atoms with van der Waals surface area (Å²) in [6, 6.07) is 14.2. The van der Waals surface area contributed by atoms with Crippen LogP contribution in [0.15, 0.2) is 55.1 Å². The smallest absolute Gasteiger partial charge is 0.243 e. The maximum Gasteiger partial charge on any atom is 0.243 e. The van der Waals surface area contributed by atoms with Crippen LogP contribution in [0, 0.1) is 18.8 Å². The van der Waals surface area contributed by atoms with Crippen LogP contribution in [0.2, 0.25) is 0 Å². The molecule has 1 aliphatic rings. The summed E-state index contributed by atoms with van der Waals surface area (Å²) in [6.45, 7) is 5.59. The van der Waals surface area contributed by atoms with Crippen LogP contribution in [0.5, 0.6) is 0 Å². The fourth-order valence-electron chi connectivity index (χ4n) is 2.73. The summed E-state index contributed by atoms with van der Waals surface area (Å²) in [5, 5.41) is 3.04. The van der Waals surface area contributed by atoms with Crippen molar-refractivity contribution in [1.82, 2.24) is 5.32 Å². The van der Waals surface area contributed by atoms with Gasteiger partial charge in [0.2, 0.25) is 5.91 Å². The second-order valence-corrected chi connectivity index (χ2v) is 5.47. The molecule has 0 bridgehead atoms. The molecule has 1 N–H and O–H groups in total. The van der Waals surface area contributed by atoms with Gasteiger partial charge >= 0.3 is 0 Å². The Labute approximate surface area is 130 Å². The summed E-state index contributed by atoms with van der Waals surface area (Å²) < 4.78 is 0. The van der Waals surface area contributed by atoms with Gasteiger partial charge in [0, 0.05) is 11.1 Å². The fraction of sp³-hybridized carbons (Fsp3) is 0.150. The number of amides is 1. The van der Waals surface area contributed by atoms with Crippen molar-refractivity contribution >= 4 is 5.91 Å². The summed E-state index contributed by atoms with van der Waals surface area (Å²) in [4.78, 5) is 11.8. The zero-order valence-electron chi connectivity index (χ0n) is 12.5. The molecule has 0 spiro atoms. The normalized spacial score (nSPS) is 15.2. The minimum absolute atomic E-state index is 0.101. The molecule has 1 amide bonds. The molecule has 2 nitrogen and oxygen atoms in total. The lowest BCUT2D eigenvalue weighted by Crippen LogP contribution is -2.29. The van der Waals surface area contributed by atoms with Crippen LogP contribution >= 0.6 is 0 Å². The SMILES string of the molecule is C=CC(=O)NC1Cc2ccccc2C#Cc2ccc(C)cc21. The molecule has 0 saturated carbocycles. The van der Waals surface area contributed by atoms with E-state index in [0.29, 0.717) is 0 Å². The molecule has 0 aromatic heterocycles. The quantitative estimate of drug-likeness (QED) is 0.666. The summed E-state index contributed by atoms with van der Waals surface area (Å²) in [6.07, 6.45) is 2.03. The number of carbonyl (C=O) groups excluding carboxylic acids is 1. The maximum absolute atomic E-state index is 11.8.